The maximum absolute atomic E-state index is 13.8. The van der Waals surface area contributed by atoms with Crippen LogP contribution in [0.5, 0.6) is 0 Å². The Kier molecular flexibility index (Phi) is 6.58. The van der Waals surface area contributed by atoms with Gasteiger partial charge >= 0.3 is 0 Å². The Bertz CT molecular complexity index is 679. The van der Waals surface area contributed by atoms with Crippen molar-refractivity contribution in [1.82, 2.24) is 10.2 Å². The molecule has 2 aliphatic rings. The zero-order valence-electron chi connectivity index (χ0n) is 15.8. The molecule has 2 fully saturated rings. The van der Waals surface area contributed by atoms with Gasteiger partial charge in [0.15, 0.2) is 5.78 Å². The Labute approximate surface area is 159 Å². The molecule has 148 valence electrons. The number of carbonyl (C=O) groups is 2. The molecule has 6 heteroatoms. The van der Waals surface area contributed by atoms with Crippen LogP contribution in [0.1, 0.15) is 55.8 Å². The van der Waals surface area contributed by atoms with Crippen LogP contribution < -0.4 is 5.32 Å². The molecule has 1 amide bonds. The molecule has 0 spiro atoms. The lowest BCUT2D eigenvalue weighted by Crippen LogP contribution is -2.46. The molecule has 4 nitrogen and oxygen atoms in total. The van der Waals surface area contributed by atoms with Gasteiger partial charge in [0, 0.05) is 12.0 Å². The Hall–Kier alpha value is -1.82. The van der Waals surface area contributed by atoms with E-state index in [4.69, 9.17) is 0 Å². The van der Waals surface area contributed by atoms with E-state index in [-0.39, 0.29) is 29.2 Å². The van der Waals surface area contributed by atoms with E-state index in [1.54, 1.807) is 0 Å². The zero-order valence-corrected chi connectivity index (χ0v) is 15.8. The van der Waals surface area contributed by atoms with Crippen molar-refractivity contribution in [2.45, 2.75) is 51.5 Å². The van der Waals surface area contributed by atoms with E-state index in [1.165, 1.54) is 0 Å². The van der Waals surface area contributed by atoms with Crippen molar-refractivity contribution in [3.05, 3.63) is 35.4 Å². The van der Waals surface area contributed by atoms with Crippen LogP contribution in [-0.2, 0) is 4.79 Å². The fraction of sp³-hybridized carbons (Fsp3) is 0.619. The van der Waals surface area contributed by atoms with Crippen molar-refractivity contribution >= 4 is 11.7 Å². The number of hydrogen-bond donors (Lipinski definition) is 1. The molecule has 1 aliphatic carbocycles. The molecule has 1 N–H and O–H groups in total. The third kappa shape index (κ3) is 5.34. The molecule has 1 aromatic rings. The molecule has 0 atom stereocenters. The topological polar surface area (TPSA) is 49.4 Å². The van der Waals surface area contributed by atoms with Gasteiger partial charge in [-0.05, 0) is 75.7 Å². The third-order valence-corrected chi connectivity index (χ3v) is 5.90. The SMILES string of the molecule is CC1CCC(NC(=O)CN2CCC(C(=O)c3cc(F)ccc3F)CC2)CC1. The minimum Gasteiger partial charge on any atom is -0.352 e. The lowest BCUT2D eigenvalue weighted by atomic mass is 9.87. The van der Waals surface area contributed by atoms with Crippen LogP contribution >= 0.6 is 0 Å². The van der Waals surface area contributed by atoms with Gasteiger partial charge in [0.1, 0.15) is 11.6 Å². The number of rotatable bonds is 5. The lowest BCUT2D eigenvalue weighted by Gasteiger charge is -2.32. The van der Waals surface area contributed by atoms with E-state index in [2.05, 4.69) is 12.2 Å². The number of likely N-dealkylation sites (tertiary alicyclic amines) is 1. The molecule has 3 rings (SSSR count). The quantitative estimate of drug-likeness (QED) is 0.797. The van der Waals surface area contributed by atoms with Crippen LogP contribution in [0.3, 0.4) is 0 Å². The first kappa shape index (κ1) is 19.9. The molecule has 1 aromatic carbocycles. The highest BCUT2D eigenvalue weighted by Crippen LogP contribution is 2.25. The van der Waals surface area contributed by atoms with Crippen molar-refractivity contribution < 1.29 is 18.4 Å². The summed E-state index contributed by atoms with van der Waals surface area (Å²) >= 11 is 0. The number of piperidine rings is 1. The number of ketones is 1. The minimum absolute atomic E-state index is 0.0375. The molecule has 0 aromatic heterocycles. The van der Waals surface area contributed by atoms with Gasteiger partial charge in [-0.25, -0.2) is 8.78 Å². The van der Waals surface area contributed by atoms with Crippen molar-refractivity contribution in [3.63, 3.8) is 0 Å². The summed E-state index contributed by atoms with van der Waals surface area (Å²) in [6.45, 7) is 3.81. The molecule has 1 heterocycles. The summed E-state index contributed by atoms with van der Waals surface area (Å²) in [4.78, 5) is 26.8. The largest absolute Gasteiger partial charge is 0.352 e. The first-order valence-corrected chi connectivity index (χ1v) is 9.93. The Morgan fingerprint density at radius 1 is 1.07 bits per heavy atom. The number of amides is 1. The van der Waals surface area contributed by atoms with Crippen LogP contribution in [0.15, 0.2) is 18.2 Å². The summed E-state index contributed by atoms with van der Waals surface area (Å²) in [7, 11) is 0. The fourth-order valence-electron chi connectivity index (χ4n) is 4.14. The summed E-state index contributed by atoms with van der Waals surface area (Å²) in [5.41, 5.74) is -0.169. The number of carbonyl (C=O) groups excluding carboxylic acids is 2. The second-order valence-electron chi connectivity index (χ2n) is 8.06. The number of benzene rings is 1. The van der Waals surface area contributed by atoms with E-state index < -0.39 is 11.6 Å². The first-order valence-electron chi connectivity index (χ1n) is 9.93. The normalized spacial score (nSPS) is 24.6. The Morgan fingerprint density at radius 2 is 1.74 bits per heavy atom. The summed E-state index contributed by atoms with van der Waals surface area (Å²) in [6.07, 6.45) is 5.53. The molecule has 1 saturated carbocycles. The number of hydrogen-bond acceptors (Lipinski definition) is 3. The number of Topliss-reactive ketones (excluding diaryl/α,β-unsaturated/α-hetero) is 1. The van der Waals surface area contributed by atoms with E-state index >= 15 is 0 Å². The molecule has 0 radical (unpaired) electrons. The summed E-state index contributed by atoms with van der Waals surface area (Å²) < 4.78 is 27.1. The number of nitrogens with one attached hydrogen (secondary N) is 1. The molecular weight excluding hydrogens is 350 g/mol. The number of halogens is 2. The van der Waals surface area contributed by atoms with Crippen molar-refractivity contribution in [2.75, 3.05) is 19.6 Å². The van der Waals surface area contributed by atoms with Crippen LogP contribution in [0.25, 0.3) is 0 Å². The van der Waals surface area contributed by atoms with Gasteiger partial charge in [-0.1, -0.05) is 6.92 Å². The van der Waals surface area contributed by atoms with Crippen molar-refractivity contribution in [3.8, 4) is 0 Å². The van der Waals surface area contributed by atoms with E-state index in [1.807, 2.05) is 4.90 Å². The van der Waals surface area contributed by atoms with Gasteiger partial charge in [-0.2, -0.15) is 0 Å². The van der Waals surface area contributed by atoms with E-state index in [0.29, 0.717) is 32.5 Å². The highest BCUT2D eigenvalue weighted by molar-refractivity contribution is 5.98. The highest BCUT2D eigenvalue weighted by atomic mass is 19.1. The summed E-state index contributed by atoms with van der Waals surface area (Å²) in [6, 6.07) is 3.26. The third-order valence-electron chi connectivity index (χ3n) is 5.90. The minimum atomic E-state index is -0.676. The van der Waals surface area contributed by atoms with Gasteiger partial charge in [0.05, 0.1) is 12.1 Å². The predicted molar refractivity (Wildman–Crippen MR) is 99.4 cm³/mol. The average Bonchev–Trinajstić information content (AvgIpc) is 2.65. The van der Waals surface area contributed by atoms with Crippen LogP contribution in [-0.4, -0.2) is 42.3 Å². The lowest BCUT2D eigenvalue weighted by molar-refractivity contribution is -0.123. The van der Waals surface area contributed by atoms with Gasteiger partial charge < -0.3 is 5.32 Å². The highest BCUT2D eigenvalue weighted by Gasteiger charge is 2.29. The van der Waals surface area contributed by atoms with Crippen molar-refractivity contribution in [1.29, 1.82) is 0 Å². The standard InChI is InChI=1S/C21H28F2N2O2/c1-14-2-5-17(6-3-14)24-20(26)13-25-10-8-15(9-11-25)21(27)18-12-16(22)4-7-19(18)23/h4,7,12,14-15,17H,2-3,5-6,8-11,13H2,1H3,(H,24,26). The summed E-state index contributed by atoms with van der Waals surface area (Å²) in [5, 5.41) is 3.12. The van der Waals surface area contributed by atoms with Crippen molar-refractivity contribution in [2.24, 2.45) is 11.8 Å². The second kappa shape index (κ2) is 8.91. The van der Waals surface area contributed by atoms with E-state index in [0.717, 1.165) is 49.8 Å². The fourth-order valence-corrected chi connectivity index (χ4v) is 4.14. The van der Waals surface area contributed by atoms with Crippen LogP contribution in [0, 0.1) is 23.5 Å². The second-order valence-corrected chi connectivity index (χ2v) is 8.06. The predicted octanol–water partition coefficient (Wildman–Crippen LogP) is 3.55. The van der Waals surface area contributed by atoms with Gasteiger partial charge in [0.2, 0.25) is 5.91 Å². The molecule has 27 heavy (non-hydrogen) atoms. The van der Waals surface area contributed by atoms with Gasteiger partial charge in [0.25, 0.3) is 0 Å². The van der Waals surface area contributed by atoms with Crippen LogP contribution in [0.2, 0.25) is 0 Å². The smallest absolute Gasteiger partial charge is 0.234 e. The summed E-state index contributed by atoms with van der Waals surface area (Å²) in [5.74, 6) is -1.16. The Morgan fingerprint density at radius 3 is 2.41 bits per heavy atom. The van der Waals surface area contributed by atoms with Gasteiger partial charge in [-0.3, -0.25) is 14.5 Å². The molecule has 0 bridgehead atoms. The zero-order chi connectivity index (χ0) is 19.4. The molecule has 1 saturated heterocycles. The average molecular weight is 378 g/mol. The molecule has 0 unspecified atom stereocenters. The van der Waals surface area contributed by atoms with E-state index in [9.17, 15) is 18.4 Å². The molecule has 1 aliphatic heterocycles. The Balaban J connectivity index is 1.45. The first-order chi connectivity index (χ1) is 12.9. The maximum Gasteiger partial charge on any atom is 0.234 e. The maximum atomic E-state index is 13.8. The van der Waals surface area contributed by atoms with Crippen LogP contribution in [0.4, 0.5) is 8.78 Å². The van der Waals surface area contributed by atoms with Gasteiger partial charge in [-0.15, -0.1) is 0 Å². The monoisotopic (exact) mass is 378 g/mol. The molecular formula is C21H28F2N2O2. The number of nitrogens with zero attached hydrogens (tertiary/aromatic N) is 1.